The van der Waals surface area contributed by atoms with Crippen molar-refractivity contribution in [1.82, 2.24) is 0 Å². The molecule has 0 aromatic rings. The quantitative estimate of drug-likeness (QED) is 0.560. The molecule has 0 aromatic heterocycles. The first-order valence-corrected chi connectivity index (χ1v) is 8.73. The van der Waals surface area contributed by atoms with Crippen LogP contribution >= 0.6 is 0 Å². The fourth-order valence-corrected chi connectivity index (χ4v) is 2.72. The Labute approximate surface area is 96.4 Å². The topological polar surface area (TPSA) is 20.2 Å². The first kappa shape index (κ1) is 14.7. The average molecular weight is 226 g/mol. The van der Waals surface area contributed by atoms with Gasteiger partial charge in [-0.25, -0.2) is 0 Å². The zero-order valence-corrected chi connectivity index (χ0v) is 12.1. The van der Waals surface area contributed by atoms with E-state index in [1.165, 1.54) is 0 Å². The molecule has 0 bridgehead atoms. The Bertz CT molecular complexity index is 232. The molecule has 0 spiro atoms. The molecule has 0 rings (SSSR count). The van der Waals surface area contributed by atoms with Crippen molar-refractivity contribution in [3.05, 3.63) is 0 Å². The van der Waals surface area contributed by atoms with Gasteiger partial charge in [-0.2, -0.15) is 0 Å². The molecule has 0 aliphatic heterocycles. The second-order valence-corrected chi connectivity index (χ2v) is 10.5. The van der Waals surface area contributed by atoms with Gasteiger partial charge in [-0.05, 0) is 36.9 Å². The van der Waals surface area contributed by atoms with Crippen LogP contribution in [-0.4, -0.2) is 13.1 Å². The Hall–Kier alpha value is -0.263. The molecular formula is C13H26OSi. The summed E-state index contributed by atoms with van der Waals surface area (Å²) >= 11 is 0. The van der Waals surface area contributed by atoms with Gasteiger partial charge in [0.1, 0.15) is 0 Å². The molecule has 1 N–H and O–H groups in total. The Morgan fingerprint density at radius 2 is 1.80 bits per heavy atom. The largest absolute Gasteiger partial charge is 0.432 e. The average Bonchev–Trinajstić information content (AvgIpc) is 2.00. The van der Waals surface area contributed by atoms with E-state index >= 15 is 0 Å². The minimum atomic E-state index is -2.06. The van der Waals surface area contributed by atoms with Gasteiger partial charge in [0.2, 0.25) is 0 Å². The van der Waals surface area contributed by atoms with Crippen LogP contribution in [0.4, 0.5) is 0 Å². The molecule has 0 aromatic carbocycles. The summed E-state index contributed by atoms with van der Waals surface area (Å²) in [5.74, 6) is 3.70. The fraction of sp³-hybridized carbons (Fsp3) is 0.846. The van der Waals surface area contributed by atoms with Crippen LogP contribution in [0.3, 0.4) is 0 Å². The number of hydrogen-bond donors (Lipinski definition) is 1. The second kappa shape index (κ2) is 5.18. The molecular weight excluding hydrogens is 200 g/mol. The Morgan fingerprint density at radius 3 is 2.13 bits per heavy atom. The van der Waals surface area contributed by atoms with Gasteiger partial charge < -0.3 is 4.80 Å². The standard InChI is InChI=1S/C13H26OSi/c1-8-11(2)9-12(3)10-13(4,5)15(6,7)14/h1,11-12,14H,9-10H2,2-7H3. The first-order chi connectivity index (χ1) is 6.60. The van der Waals surface area contributed by atoms with Gasteiger partial charge in [-0.3, -0.25) is 0 Å². The molecule has 2 heteroatoms. The third kappa shape index (κ3) is 4.86. The van der Waals surface area contributed by atoms with Gasteiger partial charge in [0.25, 0.3) is 0 Å². The van der Waals surface area contributed by atoms with Crippen LogP contribution < -0.4 is 0 Å². The summed E-state index contributed by atoms with van der Waals surface area (Å²) in [5, 5.41) is 0.0702. The van der Waals surface area contributed by atoms with Crippen LogP contribution in [0.2, 0.25) is 18.1 Å². The van der Waals surface area contributed by atoms with Crippen molar-refractivity contribution >= 4 is 8.32 Å². The van der Waals surface area contributed by atoms with Crippen LogP contribution in [0.15, 0.2) is 0 Å². The summed E-state index contributed by atoms with van der Waals surface area (Å²) in [5.41, 5.74) is 0. The lowest BCUT2D eigenvalue weighted by molar-refractivity contribution is 0.359. The Morgan fingerprint density at radius 1 is 1.33 bits per heavy atom. The molecule has 0 heterocycles. The molecule has 0 fully saturated rings. The van der Waals surface area contributed by atoms with E-state index in [1.54, 1.807) is 0 Å². The zero-order chi connectivity index (χ0) is 12.3. The minimum Gasteiger partial charge on any atom is -0.432 e. The highest BCUT2D eigenvalue weighted by molar-refractivity contribution is 6.72. The van der Waals surface area contributed by atoms with Crippen LogP contribution in [-0.2, 0) is 0 Å². The lowest BCUT2D eigenvalue weighted by Crippen LogP contribution is -2.40. The number of rotatable bonds is 5. The summed E-state index contributed by atoms with van der Waals surface area (Å²) in [6.07, 6.45) is 7.50. The number of hydrogen-bond acceptors (Lipinski definition) is 1. The van der Waals surface area contributed by atoms with Gasteiger partial charge in [0, 0.05) is 5.92 Å². The molecule has 1 nitrogen and oxygen atoms in total. The number of terminal acetylenes is 1. The van der Waals surface area contributed by atoms with Crippen molar-refractivity contribution in [3.8, 4) is 12.3 Å². The van der Waals surface area contributed by atoms with Crippen LogP contribution in [0.5, 0.6) is 0 Å². The van der Waals surface area contributed by atoms with E-state index in [2.05, 4.69) is 33.6 Å². The zero-order valence-electron chi connectivity index (χ0n) is 11.1. The highest BCUT2D eigenvalue weighted by atomic mass is 28.4. The molecule has 0 aliphatic carbocycles. The van der Waals surface area contributed by atoms with E-state index in [0.29, 0.717) is 11.8 Å². The van der Waals surface area contributed by atoms with Crippen LogP contribution in [0, 0.1) is 24.2 Å². The monoisotopic (exact) mass is 226 g/mol. The molecule has 2 unspecified atom stereocenters. The van der Waals surface area contributed by atoms with E-state index in [9.17, 15) is 4.80 Å². The Balaban J connectivity index is 4.30. The third-order valence-corrected chi connectivity index (χ3v) is 7.07. The lowest BCUT2D eigenvalue weighted by atomic mass is 9.90. The molecule has 0 saturated heterocycles. The maximum absolute atomic E-state index is 10.2. The normalized spacial score (nSPS) is 16.9. The van der Waals surface area contributed by atoms with Gasteiger partial charge in [-0.15, -0.1) is 12.3 Å². The van der Waals surface area contributed by atoms with Crippen molar-refractivity contribution < 1.29 is 4.80 Å². The van der Waals surface area contributed by atoms with Crippen LogP contribution in [0.1, 0.15) is 40.5 Å². The van der Waals surface area contributed by atoms with Crippen molar-refractivity contribution in [2.75, 3.05) is 0 Å². The highest BCUT2D eigenvalue weighted by Crippen LogP contribution is 2.42. The maximum Gasteiger partial charge on any atom is 0.188 e. The van der Waals surface area contributed by atoms with Crippen molar-refractivity contribution in [1.29, 1.82) is 0 Å². The molecule has 0 amide bonds. The van der Waals surface area contributed by atoms with E-state index < -0.39 is 8.32 Å². The molecule has 0 saturated carbocycles. The summed E-state index contributed by atoms with van der Waals surface area (Å²) in [4.78, 5) is 10.2. The summed E-state index contributed by atoms with van der Waals surface area (Å²) in [6, 6.07) is 0. The summed E-state index contributed by atoms with van der Waals surface area (Å²) in [7, 11) is -2.06. The molecule has 0 aliphatic rings. The third-order valence-electron chi connectivity index (χ3n) is 3.56. The van der Waals surface area contributed by atoms with Crippen molar-refractivity contribution in [2.45, 2.75) is 58.7 Å². The first-order valence-electron chi connectivity index (χ1n) is 5.78. The molecule has 0 radical (unpaired) electrons. The second-order valence-electron chi connectivity index (χ2n) is 6.06. The van der Waals surface area contributed by atoms with E-state index in [-0.39, 0.29) is 5.04 Å². The van der Waals surface area contributed by atoms with Gasteiger partial charge >= 0.3 is 0 Å². The lowest BCUT2D eigenvalue weighted by Gasteiger charge is -2.37. The maximum atomic E-state index is 10.2. The van der Waals surface area contributed by atoms with E-state index in [0.717, 1.165) is 12.8 Å². The summed E-state index contributed by atoms with van der Waals surface area (Å²) < 4.78 is 0. The molecule has 15 heavy (non-hydrogen) atoms. The predicted octanol–water partition coefficient (Wildman–Crippen LogP) is 3.65. The molecule has 2 atom stereocenters. The predicted molar refractivity (Wildman–Crippen MR) is 70.1 cm³/mol. The van der Waals surface area contributed by atoms with E-state index in [1.807, 2.05) is 13.1 Å². The van der Waals surface area contributed by atoms with Crippen molar-refractivity contribution in [3.63, 3.8) is 0 Å². The van der Waals surface area contributed by atoms with Crippen LogP contribution in [0.25, 0.3) is 0 Å². The smallest absolute Gasteiger partial charge is 0.188 e. The Kier molecular flexibility index (Phi) is 5.09. The van der Waals surface area contributed by atoms with Gasteiger partial charge in [0.15, 0.2) is 8.32 Å². The highest BCUT2D eigenvalue weighted by Gasteiger charge is 2.38. The molecule has 88 valence electrons. The van der Waals surface area contributed by atoms with Gasteiger partial charge in [-0.1, -0.05) is 27.7 Å². The summed E-state index contributed by atoms with van der Waals surface area (Å²) in [6.45, 7) is 12.7. The minimum absolute atomic E-state index is 0.0702. The fourth-order valence-electron chi connectivity index (χ4n) is 1.88. The van der Waals surface area contributed by atoms with E-state index in [4.69, 9.17) is 6.42 Å². The van der Waals surface area contributed by atoms with Gasteiger partial charge in [0.05, 0.1) is 0 Å². The van der Waals surface area contributed by atoms with Crippen molar-refractivity contribution in [2.24, 2.45) is 11.8 Å². The SMILES string of the molecule is C#CC(C)CC(C)CC(C)(C)[Si](C)(C)O.